The Hall–Kier alpha value is -1.85. The van der Waals surface area contributed by atoms with Gasteiger partial charge in [-0.1, -0.05) is 242 Å². The normalized spacial score (nSPS) is 19.9. The van der Waals surface area contributed by atoms with Crippen molar-refractivity contribution < 1.29 is 39.8 Å². The van der Waals surface area contributed by atoms with E-state index >= 15 is 0 Å². The number of nitrogens with one attached hydrogen (secondary N) is 1. The smallest absolute Gasteiger partial charge is 0.220 e. The summed E-state index contributed by atoms with van der Waals surface area (Å²) >= 11 is 0. The van der Waals surface area contributed by atoms with Gasteiger partial charge in [0.2, 0.25) is 5.91 Å². The minimum absolute atomic E-state index is 0.190. The number of ether oxygens (including phenoxy) is 2. The second-order valence-corrected chi connectivity index (χ2v) is 20.1. The van der Waals surface area contributed by atoms with E-state index in [-0.39, 0.29) is 12.5 Å². The summed E-state index contributed by atoms with van der Waals surface area (Å²) in [6.07, 6.45) is 57.5. The van der Waals surface area contributed by atoms with Crippen LogP contribution in [0.5, 0.6) is 0 Å². The van der Waals surface area contributed by atoms with Crippen LogP contribution in [0.25, 0.3) is 0 Å². The van der Waals surface area contributed by atoms with Gasteiger partial charge < -0.3 is 40.3 Å². The van der Waals surface area contributed by atoms with Crippen molar-refractivity contribution in [2.45, 2.75) is 307 Å². The van der Waals surface area contributed by atoms with Gasteiger partial charge in [-0.25, -0.2) is 0 Å². The molecule has 0 spiro atoms. The highest BCUT2D eigenvalue weighted by atomic mass is 16.7. The van der Waals surface area contributed by atoms with Gasteiger partial charge in [0.15, 0.2) is 6.29 Å². The molecule has 7 atom stereocenters. The van der Waals surface area contributed by atoms with Crippen LogP contribution in [-0.4, -0.2) is 87.5 Å². The third-order valence-electron chi connectivity index (χ3n) is 13.6. The zero-order valence-corrected chi connectivity index (χ0v) is 44.1. The van der Waals surface area contributed by atoms with E-state index in [0.29, 0.717) is 6.42 Å². The number of allylic oxidation sites excluding steroid dienone is 7. The van der Waals surface area contributed by atoms with Crippen LogP contribution in [0.1, 0.15) is 264 Å². The van der Waals surface area contributed by atoms with Crippen LogP contribution in [0.15, 0.2) is 48.6 Å². The summed E-state index contributed by atoms with van der Waals surface area (Å²) in [7, 11) is 0. The van der Waals surface area contributed by atoms with Crippen molar-refractivity contribution in [1.29, 1.82) is 0 Å². The Morgan fingerprint density at radius 1 is 0.500 bits per heavy atom. The topological polar surface area (TPSA) is 149 Å². The number of carbonyl (C=O) groups excluding carboxylic acids is 1. The second kappa shape index (κ2) is 48.8. The highest BCUT2D eigenvalue weighted by Gasteiger charge is 2.44. The largest absolute Gasteiger partial charge is 0.394 e. The molecule has 9 heteroatoms. The van der Waals surface area contributed by atoms with Gasteiger partial charge in [-0.05, 0) is 64.2 Å². The first kappa shape index (κ1) is 64.2. The van der Waals surface area contributed by atoms with Gasteiger partial charge in [0.25, 0.3) is 0 Å². The van der Waals surface area contributed by atoms with Crippen molar-refractivity contribution in [1.82, 2.24) is 5.32 Å². The summed E-state index contributed by atoms with van der Waals surface area (Å²) in [4.78, 5) is 13.0. The third-order valence-corrected chi connectivity index (χ3v) is 13.6. The summed E-state index contributed by atoms with van der Waals surface area (Å²) < 4.78 is 11.3. The summed E-state index contributed by atoms with van der Waals surface area (Å²) in [5, 5.41) is 54.5. The van der Waals surface area contributed by atoms with Gasteiger partial charge >= 0.3 is 0 Å². The fourth-order valence-corrected chi connectivity index (χ4v) is 9.03. The van der Waals surface area contributed by atoms with Crippen molar-refractivity contribution in [3.8, 4) is 0 Å². The summed E-state index contributed by atoms with van der Waals surface area (Å²) in [6, 6.07) is -0.825. The highest BCUT2D eigenvalue weighted by Crippen LogP contribution is 2.23. The number of hydrogen-bond donors (Lipinski definition) is 6. The first-order valence-corrected chi connectivity index (χ1v) is 28.9. The molecule has 7 unspecified atom stereocenters. The Kier molecular flexibility index (Phi) is 46.0. The number of rotatable bonds is 49. The number of aliphatic hydroxyl groups excluding tert-OH is 5. The first-order valence-electron chi connectivity index (χ1n) is 28.9. The maximum atomic E-state index is 13.0. The Labute approximate surface area is 418 Å². The first-order chi connectivity index (χ1) is 33.3. The van der Waals surface area contributed by atoms with Crippen LogP contribution >= 0.6 is 0 Å². The molecule has 0 aromatic rings. The lowest BCUT2D eigenvalue weighted by Gasteiger charge is -2.40. The highest BCUT2D eigenvalue weighted by molar-refractivity contribution is 5.76. The molecule has 1 fully saturated rings. The zero-order valence-electron chi connectivity index (χ0n) is 44.1. The number of aliphatic hydroxyl groups is 5. The fraction of sp³-hybridized carbons (Fsp3) is 0.847. The van der Waals surface area contributed by atoms with Crippen molar-refractivity contribution in [3.63, 3.8) is 0 Å². The van der Waals surface area contributed by atoms with Crippen LogP contribution in [0.2, 0.25) is 0 Å². The second-order valence-electron chi connectivity index (χ2n) is 20.1. The molecule has 1 amide bonds. The van der Waals surface area contributed by atoms with Crippen molar-refractivity contribution in [2.75, 3.05) is 13.2 Å². The van der Waals surface area contributed by atoms with Gasteiger partial charge in [0, 0.05) is 6.42 Å². The predicted octanol–water partition coefficient (Wildman–Crippen LogP) is 14.1. The van der Waals surface area contributed by atoms with Crippen molar-refractivity contribution in [3.05, 3.63) is 48.6 Å². The molecule has 68 heavy (non-hydrogen) atoms. The summed E-state index contributed by atoms with van der Waals surface area (Å²) in [5.41, 5.74) is 0. The molecule has 0 bridgehead atoms. The van der Waals surface area contributed by atoms with Gasteiger partial charge in [-0.2, -0.15) is 0 Å². The minimum atomic E-state index is -1.57. The molecular weight excluding hydrogens is 851 g/mol. The molecule has 0 aromatic heterocycles. The lowest BCUT2D eigenvalue weighted by Crippen LogP contribution is -2.60. The van der Waals surface area contributed by atoms with E-state index in [1.807, 2.05) is 6.08 Å². The standard InChI is InChI=1S/C59H109NO8/c1-3-5-7-9-11-13-15-17-19-21-23-24-25-26-27-28-29-31-32-34-36-38-40-42-44-46-48-53(62)52(51-67-59-58(66)57(65)56(64)54(50-61)68-59)60-55(63)49-47-45-43-41-39-37-35-33-30-22-20-18-16-14-12-10-8-6-4-2/h12,14,18,20,38,40,46,48,52-54,56-59,61-62,64-66H,3-11,13,15-17,19,21-37,39,41-45,47,49-51H2,1-2H3,(H,60,63)/b14-12-,20-18-,40-38+,48-46+. The van der Waals surface area contributed by atoms with Crippen LogP contribution in [0.4, 0.5) is 0 Å². The molecule has 6 N–H and O–H groups in total. The van der Waals surface area contributed by atoms with Crippen LogP contribution in [-0.2, 0) is 14.3 Å². The molecule has 1 saturated heterocycles. The van der Waals surface area contributed by atoms with Crippen molar-refractivity contribution in [2.24, 2.45) is 0 Å². The molecule has 0 aromatic carbocycles. The molecule has 1 aliphatic rings. The Morgan fingerprint density at radius 2 is 0.882 bits per heavy atom. The van der Waals surface area contributed by atoms with Crippen molar-refractivity contribution >= 4 is 5.91 Å². The number of unbranched alkanes of at least 4 members (excludes halogenated alkanes) is 33. The molecule has 0 saturated carbocycles. The Bertz CT molecular complexity index is 1210. The Balaban J connectivity index is 2.25. The van der Waals surface area contributed by atoms with Gasteiger partial charge in [-0.15, -0.1) is 0 Å². The van der Waals surface area contributed by atoms with E-state index < -0.39 is 49.5 Å². The molecule has 1 rings (SSSR count). The lowest BCUT2D eigenvalue weighted by molar-refractivity contribution is -0.302. The van der Waals surface area contributed by atoms with Gasteiger partial charge in [0.1, 0.15) is 24.4 Å². The molecule has 9 nitrogen and oxygen atoms in total. The monoisotopic (exact) mass is 960 g/mol. The predicted molar refractivity (Wildman–Crippen MR) is 286 cm³/mol. The molecule has 0 aliphatic carbocycles. The maximum Gasteiger partial charge on any atom is 0.220 e. The van der Waals surface area contributed by atoms with E-state index in [1.54, 1.807) is 6.08 Å². The quantitative estimate of drug-likeness (QED) is 0.0261. The van der Waals surface area contributed by atoms with E-state index in [2.05, 4.69) is 55.6 Å². The van der Waals surface area contributed by atoms with Gasteiger partial charge in [0.05, 0.1) is 25.4 Å². The fourth-order valence-electron chi connectivity index (χ4n) is 9.03. The number of amides is 1. The molecular formula is C59H109NO8. The summed E-state index contributed by atoms with van der Waals surface area (Å²) in [6.45, 7) is 3.76. The molecule has 398 valence electrons. The van der Waals surface area contributed by atoms with Gasteiger partial charge in [-0.3, -0.25) is 4.79 Å². The Morgan fingerprint density at radius 3 is 1.35 bits per heavy atom. The minimum Gasteiger partial charge on any atom is -0.394 e. The molecule has 1 aliphatic heterocycles. The maximum absolute atomic E-state index is 13.0. The third kappa shape index (κ3) is 37.9. The molecule has 1 heterocycles. The van der Waals surface area contributed by atoms with E-state index in [1.165, 1.54) is 193 Å². The van der Waals surface area contributed by atoms with Crippen LogP contribution in [0.3, 0.4) is 0 Å². The SMILES string of the molecule is CCCCC/C=C\C/C=C\CCCCCCCCCCCC(=O)NC(COC1OC(CO)C(O)C(O)C1O)C(O)/C=C/CC/C=C/CCCCCCCCCCCCCCCCCCCCCC. The summed E-state index contributed by atoms with van der Waals surface area (Å²) in [5.74, 6) is -0.190. The average molecular weight is 961 g/mol. The lowest BCUT2D eigenvalue weighted by atomic mass is 9.99. The van der Waals surface area contributed by atoms with Crippen LogP contribution in [0, 0.1) is 0 Å². The van der Waals surface area contributed by atoms with E-state index in [0.717, 1.165) is 51.4 Å². The number of hydrogen-bond acceptors (Lipinski definition) is 8. The molecule has 0 radical (unpaired) electrons. The van der Waals surface area contributed by atoms with E-state index in [9.17, 15) is 30.3 Å². The van der Waals surface area contributed by atoms with Crippen LogP contribution < -0.4 is 5.32 Å². The zero-order chi connectivity index (χ0) is 49.4. The van der Waals surface area contributed by atoms with E-state index in [4.69, 9.17) is 9.47 Å². The average Bonchev–Trinajstić information content (AvgIpc) is 3.34. The number of carbonyl (C=O) groups is 1.